The summed E-state index contributed by atoms with van der Waals surface area (Å²) in [6.45, 7) is 4.15. The van der Waals surface area contributed by atoms with Gasteiger partial charge in [-0.05, 0) is 57.9 Å². The molecule has 0 amide bonds. The second-order valence-electron chi connectivity index (χ2n) is 2.36. The third-order valence-electron chi connectivity index (χ3n) is 1.49. The summed E-state index contributed by atoms with van der Waals surface area (Å²) in [5.41, 5.74) is 0.996. The average Bonchev–Trinajstić information content (AvgIpc) is 2.33. The van der Waals surface area contributed by atoms with Crippen molar-refractivity contribution in [2.75, 3.05) is 6.61 Å². The monoisotopic (exact) mass is 374 g/mol. The van der Waals surface area contributed by atoms with Gasteiger partial charge in [0, 0.05) is 3.57 Å². The van der Waals surface area contributed by atoms with Crippen LogP contribution in [0.15, 0.2) is 3.79 Å². The van der Waals surface area contributed by atoms with Crippen molar-refractivity contribution in [1.82, 2.24) is 0 Å². The Balaban J connectivity index is 3.01. The number of halogens is 2. The van der Waals surface area contributed by atoms with E-state index in [9.17, 15) is 4.79 Å². The first-order valence-electron chi connectivity index (χ1n) is 3.69. The Bertz CT molecular complexity index is 335. The van der Waals surface area contributed by atoms with Gasteiger partial charge in [0.25, 0.3) is 0 Å². The lowest BCUT2D eigenvalue weighted by Crippen LogP contribution is -2.03. The lowest BCUT2D eigenvalue weighted by molar-refractivity contribution is 0.0531. The SMILES string of the molecule is CCOC(=O)c1sc(Br)c(I)c1C. The van der Waals surface area contributed by atoms with Crippen LogP contribution in [0, 0.1) is 10.5 Å². The molecule has 0 aliphatic heterocycles. The van der Waals surface area contributed by atoms with E-state index in [4.69, 9.17) is 4.74 Å². The number of thiophene rings is 1. The van der Waals surface area contributed by atoms with Crippen molar-refractivity contribution >= 4 is 55.8 Å². The smallest absolute Gasteiger partial charge is 0.348 e. The normalized spacial score (nSPS) is 10.2. The highest BCUT2D eigenvalue weighted by Gasteiger charge is 2.17. The number of hydrogen-bond donors (Lipinski definition) is 0. The fraction of sp³-hybridized carbons (Fsp3) is 0.375. The third-order valence-corrected chi connectivity index (χ3v) is 5.89. The Morgan fingerprint density at radius 1 is 1.69 bits per heavy atom. The molecule has 13 heavy (non-hydrogen) atoms. The lowest BCUT2D eigenvalue weighted by atomic mass is 10.3. The van der Waals surface area contributed by atoms with Gasteiger partial charge in [0.2, 0.25) is 0 Å². The Labute approximate surface area is 103 Å². The maximum absolute atomic E-state index is 11.4. The summed E-state index contributed by atoms with van der Waals surface area (Å²) < 4.78 is 7.01. The van der Waals surface area contributed by atoms with Crippen LogP contribution in [0.4, 0.5) is 0 Å². The van der Waals surface area contributed by atoms with E-state index in [-0.39, 0.29) is 5.97 Å². The average molecular weight is 375 g/mol. The van der Waals surface area contributed by atoms with Crippen molar-refractivity contribution in [3.8, 4) is 0 Å². The summed E-state index contributed by atoms with van der Waals surface area (Å²) >= 11 is 7.02. The molecule has 0 aromatic carbocycles. The molecule has 0 spiro atoms. The van der Waals surface area contributed by atoms with Gasteiger partial charge in [-0.1, -0.05) is 0 Å². The van der Waals surface area contributed by atoms with Gasteiger partial charge in [0.15, 0.2) is 0 Å². The number of ether oxygens (including phenoxy) is 1. The molecule has 0 bridgehead atoms. The minimum absolute atomic E-state index is 0.228. The van der Waals surface area contributed by atoms with Crippen LogP contribution in [-0.4, -0.2) is 12.6 Å². The van der Waals surface area contributed by atoms with E-state index in [0.29, 0.717) is 11.5 Å². The number of hydrogen-bond acceptors (Lipinski definition) is 3. The molecule has 1 heterocycles. The van der Waals surface area contributed by atoms with Crippen molar-refractivity contribution in [1.29, 1.82) is 0 Å². The number of esters is 1. The first-order chi connectivity index (χ1) is 6.07. The fourth-order valence-electron chi connectivity index (χ4n) is 0.849. The van der Waals surface area contributed by atoms with Crippen LogP contribution in [0.2, 0.25) is 0 Å². The zero-order chi connectivity index (χ0) is 10.0. The maximum Gasteiger partial charge on any atom is 0.348 e. The van der Waals surface area contributed by atoms with E-state index in [0.717, 1.165) is 12.9 Å². The first-order valence-corrected chi connectivity index (χ1v) is 6.38. The quantitative estimate of drug-likeness (QED) is 0.584. The Morgan fingerprint density at radius 3 is 2.69 bits per heavy atom. The molecule has 72 valence electrons. The van der Waals surface area contributed by atoms with Crippen LogP contribution in [0.1, 0.15) is 22.2 Å². The second kappa shape index (κ2) is 4.75. The van der Waals surface area contributed by atoms with Crippen molar-refractivity contribution in [3.63, 3.8) is 0 Å². The number of rotatable bonds is 2. The van der Waals surface area contributed by atoms with Crippen LogP contribution >= 0.6 is 49.9 Å². The van der Waals surface area contributed by atoms with Crippen molar-refractivity contribution in [2.45, 2.75) is 13.8 Å². The third kappa shape index (κ3) is 2.44. The summed E-state index contributed by atoms with van der Waals surface area (Å²) in [6.07, 6.45) is 0. The van der Waals surface area contributed by atoms with Crippen LogP contribution in [0.3, 0.4) is 0 Å². The Hall–Kier alpha value is 0.380. The molecule has 0 radical (unpaired) electrons. The minimum atomic E-state index is -0.228. The van der Waals surface area contributed by atoms with Gasteiger partial charge in [-0.15, -0.1) is 11.3 Å². The van der Waals surface area contributed by atoms with E-state index in [1.54, 1.807) is 6.92 Å². The molecule has 0 N–H and O–H groups in total. The van der Waals surface area contributed by atoms with Crippen LogP contribution in [-0.2, 0) is 4.74 Å². The molecule has 0 saturated heterocycles. The van der Waals surface area contributed by atoms with Crippen LogP contribution in [0.5, 0.6) is 0 Å². The zero-order valence-corrected chi connectivity index (χ0v) is 11.7. The standard InChI is InChI=1S/C8H8BrIO2S/c1-3-12-8(11)6-4(2)5(10)7(9)13-6/h3H2,1-2H3. The predicted molar refractivity (Wildman–Crippen MR) is 65.4 cm³/mol. The topological polar surface area (TPSA) is 26.3 Å². The van der Waals surface area contributed by atoms with E-state index in [1.807, 2.05) is 6.92 Å². The molecule has 0 aliphatic carbocycles. The van der Waals surface area contributed by atoms with Crippen LogP contribution in [0.25, 0.3) is 0 Å². The summed E-state index contributed by atoms with van der Waals surface area (Å²) in [7, 11) is 0. The summed E-state index contributed by atoms with van der Waals surface area (Å²) in [5.74, 6) is -0.228. The van der Waals surface area contributed by atoms with Gasteiger partial charge in [-0.2, -0.15) is 0 Å². The van der Waals surface area contributed by atoms with E-state index in [2.05, 4.69) is 38.5 Å². The molecule has 0 aliphatic rings. The van der Waals surface area contributed by atoms with Gasteiger partial charge in [0.05, 0.1) is 10.4 Å². The lowest BCUT2D eigenvalue weighted by Gasteiger charge is -1.98. The maximum atomic E-state index is 11.4. The van der Waals surface area contributed by atoms with Crippen LogP contribution < -0.4 is 0 Å². The highest BCUT2D eigenvalue weighted by Crippen LogP contribution is 2.34. The molecule has 2 nitrogen and oxygen atoms in total. The second-order valence-corrected chi connectivity index (χ2v) is 5.78. The van der Waals surface area contributed by atoms with E-state index < -0.39 is 0 Å². The zero-order valence-electron chi connectivity index (χ0n) is 7.19. The largest absolute Gasteiger partial charge is 0.462 e. The summed E-state index contributed by atoms with van der Waals surface area (Å²) in [4.78, 5) is 12.1. The minimum Gasteiger partial charge on any atom is -0.462 e. The van der Waals surface area contributed by atoms with Crippen molar-refractivity contribution in [2.24, 2.45) is 0 Å². The molecule has 0 unspecified atom stereocenters. The van der Waals surface area contributed by atoms with Crippen molar-refractivity contribution < 1.29 is 9.53 Å². The molecule has 1 rings (SSSR count). The number of carbonyl (C=O) groups excluding carboxylic acids is 1. The van der Waals surface area contributed by atoms with Gasteiger partial charge < -0.3 is 4.74 Å². The van der Waals surface area contributed by atoms with E-state index in [1.165, 1.54) is 11.3 Å². The first kappa shape index (κ1) is 11.5. The summed E-state index contributed by atoms with van der Waals surface area (Å²) in [5, 5.41) is 0. The molecular formula is C8H8BrIO2S. The molecule has 0 fully saturated rings. The molecule has 0 saturated carbocycles. The van der Waals surface area contributed by atoms with Gasteiger partial charge in [0.1, 0.15) is 4.88 Å². The van der Waals surface area contributed by atoms with E-state index >= 15 is 0 Å². The highest BCUT2D eigenvalue weighted by molar-refractivity contribution is 14.1. The van der Waals surface area contributed by atoms with Gasteiger partial charge in [-0.3, -0.25) is 0 Å². The molecule has 5 heteroatoms. The molecule has 1 aromatic heterocycles. The molecular weight excluding hydrogens is 367 g/mol. The molecule has 1 aromatic rings. The fourth-order valence-corrected chi connectivity index (χ4v) is 3.23. The molecule has 0 atom stereocenters. The Kier molecular flexibility index (Phi) is 4.18. The summed E-state index contributed by atoms with van der Waals surface area (Å²) in [6, 6.07) is 0. The van der Waals surface area contributed by atoms with Gasteiger partial charge >= 0.3 is 5.97 Å². The highest BCUT2D eigenvalue weighted by atomic mass is 127. The van der Waals surface area contributed by atoms with Gasteiger partial charge in [-0.25, -0.2) is 4.79 Å². The predicted octanol–water partition coefficient (Wildman–Crippen LogP) is 3.60. The Morgan fingerprint density at radius 2 is 2.31 bits per heavy atom. The number of carbonyl (C=O) groups is 1. The van der Waals surface area contributed by atoms with Crippen molar-refractivity contribution in [3.05, 3.63) is 17.8 Å².